The number of rotatable bonds is 13. The molecule has 0 aliphatic carbocycles. The first-order valence-electron chi connectivity index (χ1n) is 9.03. The molecule has 0 atom stereocenters. The fourth-order valence-corrected chi connectivity index (χ4v) is 1.67. The van der Waals surface area contributed by atoms with E-state index in [4.69, 9.17) is 9.47 Å². The predicted molar refractivity (Wildman–Crippen MR) is 98.7 cm³/mol. The van der Waals surface area contributed by atoms with Gasteiger partial charge in [0.2, 0.25) is 6.41 Å². The van der Waals surface area contributed by atoms with E-state index in [1.807, 2.05) is 0 Å². The van der Waals surface area contributed by atoms with E-state index >= 15 is 0 Å². The second-order valence-electron chi connectivity index (χ2n) is 7.96. The molecule has 140 valence electrons. The molecular weight excluding hydrogens is 290 g/mol. The highest BCUT2D eigenvalue weighted by atomic mass is 16.5. The second-order valence-corrected chi connectivity index (χ2v) is 7.96. The number of ether oxygens (including phenoxy) is 2. The van der Waals surface area contributed by atoms with Gasteiger partial charge in [0.15, 0.2) is 0 Å². The first kappa shape index (κ1) is 24.6. The number of carbonyl (C=O) groups excluding carboxylic acids is 1. The first-order chi connectivity index (χ1) is 10.7. The van der Waals surface area contributed by atoms with E-state index in [1.54, 1.807) is 0 Å². The fourth-order valence-electron chi connectivity index (χ4n) is 1.67. The molecule has 4 nitrogen and oxygen atoms in total. The van der Waals surface area contributed by atoms with Gasteiger partial charge in [-0.2, -0.15) is 0 Å². The summed E-state index contributed by atoms with van der Waals surface area (Å²) in [4.78, 5) is 10.0. The predicted octanol–water partition coefficient (Wildman–Crippen LogP) is 4.28. The number of hydrogen-bond donors (Lipinski definition) is 1. The van der Waals surface area contributed by atoms with Crippen LogP contribution in [-0.4, -0.2) is 39.4 Å². The van der Waals surface area contributed by atoms with Crippen LogP contribution >= 0.6 is 0 Å². The lowest BCUT2D eigenvalue weighted by Crippen LogP contribution is -2.26. The van der Waals surface area contributed by atoms with Crippen molar-refractivity contribution in [3.05, 3.63) is 0 Å². The Kier molecular flexibility index (Phi) is 17.4. The van der Waals surface area contributed by atoms with E-state index in [-0.39, 0.29) is 5.41 Å². The lowest BCUT2D eigenvalue weighted by atomic mass is 9.96. The van der Waals surface area contributed by atoms with E-state index in [0.29, 0.717) is 19.8 Å². The quantitative estimate of drug-likeness (QED) is 0.405. The molecule has 0 aliphatic rings. The molecule has 0 saturated carbocycles. The number of hydrogen-bond acceptors (Lipinski definition) is 3. The summed E-state index contributed by atoms with van der Waals surface area (Å²) in [5.41, 5.74) is 0.0515. The molecule has 23 heavy (non-hydrogen) atoms. The van der Waals surface area contributed by atoms with Crippen molar-refractivity contribution in [3.63, 3.8) is 0 Å². The van der Waals surface area contributed by atoms with Gasteiger partial charge in [0.05, 0.1) is 13.2 Å². The zero-order valence-corrected chi connectivity index (χ0v) is 16.6. The average molecular weight is 332 g/mol. The molecule has 0 fully saturated rings. The zero-order chi connectivity index (χ0) is 18.1. The van der Waals surface area contributed by atoms with Crippen molar-refractivity contribution in [1.29, 1.82) is 0 Å². The van der Waals surface area contributed by atoms with Gasteiger partial charge in [-0.15, -0.1) is 0 Å². The Morgan fingerprint density at radius 1 is 0.957 bits per heavy atom. The maximum atomic E-state index is 10.0. The van der Waals surface area contributed by atoms with Crippen LogP contribution in [0.2, 0.25) is 0 Å². The van der Waals surface area contributed by atoms with Crippen LogP contribution in [0.4, 0.5) is 0 Å². The molecule has 0 aromatic carbocycles. The Morgan fingerprint density at radius 2 is 1.43 bits per heavy atom. The van der Waals surface area contributed by atoms with Gasteiger partial charge in [-0.25, -0.2) is 0 Å². The third-order valence-electron chi connectivity index (χ3n) is 2.75. The highest BCUT2D eigenvalue weighted by Crippen LogP contribution is 2.16. The van der Waals surface area contributed by atoms with Gasteiger partial charge in [-0.3, -0.25) is 4.79 Å². The summed E-state index contributed by atoms with van der Waals surface area (Å²) in [5, 5.41) is 2.62. The summed E-state index contributed by atoms with van der Waals surface area (Å²) in [5.74, 6) is 1.58. The maximum absolute atomic E-state index is 10.0. The lowest BCUT2D eigenvalue weighted by Gasteiger charge is -2.24. The topological polar surface area (TPSA) is 47.6 Å². The summed E-state index contributed by atoms with van der Waals surface area (Å²) >= 11 is 0. The van der Waals surface area contributed by atoms with Crippen LogP contribution < -0.4 is 5.32 Å². The summed E-state index contributed by atoms with van der Waals surface area (Å²) in [7, 11) is 0. The van der Waals surface area contributed by atoms with E-state index < -0.39 is 0 Å². The molecule has 0 unspecified atom stereocenters. The zero-order valence-electron chi connectivity index (χ0n) is 16.6. The smallest absolute Gasteiger partial charge is 0.207 e. The van der Waals surface area contributed by atoms with Gasteiger partial charge >= 0.3 is 0 Å². The van der Waals surface area contributed by atoms with Crippen molar-refractivity contribution in [1.82, 2.24) is 5.32 Å². The van der Waals surface area contributed by atoms with Gasteiger partial charge in [0.1, 0.15) is 0 Å². The number of carbonyl (C=O) groups is 1. The van der Waals surface area contributed by atoms with Crippen LogP contribution in [0.3, 0.4) is 0 Å². The van der Waals surface area contributed by atoms with Gasteiger partial charge < -0.3 is 14.8 Å². The summed E-state index contributed by atoms with van der Waals surface area (Å²) in [6.07, 6.45) is 3.92. The van der Waals surface area contributed by atoms with Crippen molar-refractivity contribution in [2.45, 2.75) is 67.7 Å². The molecule has 0 aromatic heterocycles. The van der Waals surface area contributed by atoms with E-state index in [9.17, 15) is 4.79 Å². The Hall–Kier alpha value is -0.610. The standard InChI is InChI=1S/C15H31NO3.C4H10/c1-14(2)7-5-9-18-11-15(3,4)12-19-10-6-8-16-13-17;1-4(2)3/h13-14H,5-12H2,1-4H3,(H,16,17);4H,1-3H3. The van der Waals surface area contributed by atoms with Crippen molar-refractivity contribution in [2.75, 3.05) is 33.0 Å². The Balaban J connectivity index is 0. The average Bonchev–Trinajstić information content (AvgIpc) is 2.41. The Labute approximate surface area is 144 Å². The normalized spacial score (nSPS) is 11.3. The third kappa shape index (κ3) is 26.6. The van der Waals surface area contributed by atoms with E-state index in [2.05, 4.69) is 53.8 Å². The van der Waals surface area contributed by atoms with Crippen LogP contribution in [0.25, 0.3) is 0 Å². The Bertz CT molecular complexity index is 250. The highest BCUT2D eigenvalue weighted by Gasteiger charge is 2.18. The van der Waals surface area contributed by atoms with Gasteiger partial charge in [-0.05, 0) is 31.1 Å². The fraction of sp³-hybridized carbons (Fsp3) is 0.947. The van der Waals surface area contributed by atoms with Crippen LogP contribution in [-0.2, 0) is 14.3 Å². The van der Waals surface area contributed by atoms with Gasteiger partial charge in [0.25, 0.3) is 0 Å². The SMILES string of the molecule is CC(C)C.CC(C)CCCOCC(C)(C)COCCCNC=O. The van der Waals surface area contributed by atoms with E-state index in [0.717, 1.165) is 44.3 Å². The number of nitrogens with one attached hydrogen (secondary N) is 1. The van der Waals surface area contributed by atoms with Crippen LogP contribution in [0.5, 0.6) is 0 Å². The molecule has 0 radical (unpaired) electrons. The molecule has 0 rings (SSSR count). The minimum absolute atomic E-state index is 0.0515. The molecule has 1 amide bonds. The second kappa shape index (κ2) is 16.3. The summed E-state index contributed by atoms with van der Waals surface area (Å²) in [6, 6.07) is 0. The van der Waals surface area contributed by atoms with E-state index in [1.165, 1.54) is 6.42 Å². The Morgan fingerprint density at radius 3 is 1.87 bits per heavy atom. The monoisotopic (exact) mass is 331 g/mol. The lowest BCUT2D eigenvalue weighted by molar-refractivity contribution is -0.109. The largest absolute Gasteiger partial charge is 0.381 e. The van der Waals surface area contributed by atoms with Crippen molar-refractivity contribution >= 4 is 6.41 Å². The van der Waals surface area contributed by atoms with Gasteiger partial charge in [-0.1, -0.05) is 48.5 Å². The maximum Gasteiger partial charge on any atom is 0.207 e. The summed E-state index contributed by atoms with van der Waals surface area (Å²) < 4.78 is 11.3. The molecule has 0 heterocycles. The molecule has 4 heteroatoms. The van der Waals surface area contributed by atoms with Crippen molar-refractivity contribution in [2.24, 2.45) is 17.3 Å². The summed E-state index contributed by atoms with van der Waals surface area (Å²) in [6.45, 7) is 18.9. The molecule has 1 N–H and O–H groups in total. The minimum atomic E-state index is 0.0515. The van der Waals surface area contributed by atoms with Crippen LogP contribution in [0.15, 0.2) is 0 Å². The number of amides is 1. The third-order valence-corrected chi connectivity index (χ3v) is 2.75. The van der Waals surface area contributed by atoms with Crippen molar-refractivity contribution in [3.8, 4) is 0 Å². The van der Waals surface area contributed by atoms with Crippen LogP contribution in [0, 0.1) is 17.3 Å². The first-order valence-corrected chi connectivity index (χ1v) is 9.03. The molecule has 0 bridgehead atoms. The molecule has 0 aromatic rings. The highest BCUT2D eigenvalue weighted by molar-refractivity contribution is 5.45. The molecule has 0 spiro atoms. The molecule has 0 aliphatic heterocycles. The van der Waals surface area contributed by atoms with Gasteiger partial charge in [0, 0.05) is 25.2 Å². The minimum Gasteiger partial charge on any atom is -0.381 e. The molecular formula is C19H41NO3. The molecule has 0 saturated heterocycles. The van der Waals surface area contributed by atoms with Crippen molar-refractivity contribution < 1.29 is 14.3 Å². The van der Waals surface area contributed by atoms with Crippen LogP contribution in [0.1, 0.15) is 67.7 Å².